The maximum Gasteiger partial charge on any atom is 0.227 e. The summed E-state index contributed by atoms with van der Waals surface area (Å²) < 4.78 is 19.1. The zero-order chi connectivity index (χ0) is 16.8. The minimum absolute atomic E-state index is 0.0565. The maximum absolute atomic E-state index is 13.7. The van der Waals surface area contributed by atoms with Gasteiger partial charge in [0, 0.05) is 24.2 Å². The molecule has 122 valence electrons. The Morgan fingerprint density at radius 2 is 1.91 bits per heavy atom. The van der Waals surface area contributed by atoms with Gasteiger partial charge in [-0.2, -0.15) is 0 Å². The fourth-order valence-corrected chi connectivity index (χ4v) is 2.44. The molecule has 0 heterocycles. The highest BCUT2D eigenvalue weighted by atomic mass is 35.5. The average molecular weight is 336 g/mol. The number of halogens is 2. The van der Waals surface area contributed by atoms with Crippen LogP contribution in [-0.2, 0) is 17.8 Å². The van der Waals surface area contributed by atoms with Gasteiger partial charge in [-0.15, -0.1) is 0 Å². The van der Waals surface area contributed by atoms with Crippen molar-refractivity contribution in [3.63, 3.8) is 0 Å². The van der Waals surface area contributed by atoms with Crippen molar-refractivity contribution in [3.05, 3.63) is 64.4 Å². The van der Waals surface area contributed by atoms with Gasteiger partial charge >= 0.3 is 0 Å². The quantitative estimate of drug-likeness (QED) is 0.796. The van der Waals surface area contributed by atoms with E-state index in [9.17, 15) is 9.18 Å². The lowest BCUT2D eigenvalue weighted by Crippen LogP contribution is -2.28. The molecule has 0 spiro atoms. The summed E-state index contributed by atoms with van der Waals surface area (Å²) in [4.78, 5) is 13.8. The van der Waals surface area contributed by atoms with Crippen molar-refractivity contribution in [2.24, 2.45) is 0 Å². The van der Waals surface area contributed by atoms with Crippen molar-refractivity contribution in [1.82, 2.24) is 4.90 Å². The zero-order valence-corrected chi connectivity index (χ0v) is 13.9. The molecule has 0 aliphatic heterocycles. The Bertz CT molecular complexity index is 653. The van der Waals surface area contributed by atoms with Crippen LogP contribution in [0.4, 0.5) is 4.39 Å². The normalized spacial score (nSPS) is 10.4. The number of carbonyl (C=O) groups is 1. The Balaban J connectivity index is 1.99. The van der Waals surface area contributed by atoms with Gasteiger partial charge in [0.1, 0.15) is 11.6 Å². The minimum Gasteiger partial charge on any atom is -0.494 e. The first-order chi connectivity index (χ1) is 11.0. The zero-order valence-electron chi connectivity index (χ0n) is 13.2. The summed E-state index contributed by atoms with van der Waals surface area (Å²) in [7, 11) is 1.69. The molecule has 2 rings (SSSR count). The summed E-state index contributed by atoms with van der Waals surface area (Å²) in [6, 6.07) is 12.0. The fourth-order valence-electron chi connectivity index (χ4n) is 2.21. The molecule has 0 bridgehead atoms. The molecule has 2 aromatic carbocycles. The third-order valence-corrected chi connectivity index (χ3v) is 3.82. The Hall–Kier alpha value is -2.07. The first-order valence-corrected chi connectivity index (χ1v) is 7.77. The second-order valence-corrected chi connectivity index (χ2v) is 5.61. The van der Waals surface area contributed by atoms with Crippen molar-refractivity contribution in [2.45, 2.75) is 19.9 Å². The molecular formula is C18H19ClFNO2. The lowest BCUT2D eigenvalue weighted by atomic mass is 10.1. The third-order valence-electron chi connectivity index (χ3n) is 3.47. The molecule has 0 saturated carbocycles. The Kier molecular flexibility index (Phi) is 5.99. The largest absolute Gasteiger partial charge is 0.494 e. The number of hydrogen-bond acceptors (Lipinski definition) is 2. The molecule has 0 N–H and O–H groups in total. The van der Waals surface area contributed by atoms with Gasteiger partial charge in [-0.25, -0.2) is 4.39 Å². The molecule has 2 aromatic rings. The number of hydrogen-bond donors (Lipinski definition) is 0. The molecule has 0 radical (unpaired) electrons. The van der Waals surface area contributed by atoms with Crippen LogP contribution in [0.3, 0.4) is 0 Å². The first kappa shape index (κ1) is 17.3. The Labute approximate surface area is 140 Å². The highest BCUT2D eigenvalue weighted by Crippen LogP contribution is 2.20. The Morgan fingerprint density at radius 3 is 2.52 bits per heavy atom. The van der Waals surface area contributed by atoms with Crippen LogP contribution in [0.1, 0.15) is 18.1 Å². The van der Waals surface area contributed by atoms with E-state index in [0.717, 1.165) is 11.3 Å². The molecule has 3 nitrogen and oxygen atoms in total. The summed E-state index contributed by atoms with van der Waals surface area (Å²) >= 11 is 5.96. The third kappa shape index (κ3) is 4.70. The Morgan fingerprint density at radius 1 is 1.22 bits per heavy atom. The van der Waals surface area contributed by atoms with Crippen molar-refractivity contribution in [1.29, 1.82) is 0 Å². The summed E-state index contributed by atoms with van der Waals surface area (Å²) in [6.45, 7) is 2.98. The van der Waals surface area contributed by atoms with E-state index in [-0.39, 0.29) is 22.9 Å². The predicted molar refractivity (Wildman–Crippen MR) is 89.2 cm³/mol. The van der Waals surface area contributed by atoms with Crippen molar-refractivity contribution >= 4 is 17.5 Å². The van der Waals surface area contributed by atoms with Gasteiger partial charge in [-0.05, 0) is 36.8 Å². The van der Waals surface area contributed by atoms with Gasteiger partial charge in [0.15, 0.2) is 0 Å². The summed E-state index contributed by atoms with van der Waals surface area (Å²) in [5.41, 5.74) is 1.21. The molecule has 0 aliphatic carbocycles. The molecule has 0 atom stereocenters. The van der Waals surface area contributed by atoms with Crippen LogP contribution in [0, 0.1) is 5.82 Å². The number of amides is 1. The van der Waals surface area contributed by atoms with Crippen molar-refractivity contribution in [3.8, 4) is 5.75 Å². The number of ether oxygens (including phenoxy) is 1. The number of benzene rings is 2. The van der Waals surface area contributed by atoms with E-state index in [1.807, 2.05) is 31.2 Å². The van der Waals surface area contributed by atoms with E-state index in [1.165, 1.54) is 12.1 Å². The van der Waals surface area contributed by atoms with Gasteiger partial charge in [0.2, 0.25) is 5.91 Å². The molecular weight excluding hydrogens is 317 g/mol. The van der Waals surface area contributed by atoms with Gasteiger partial charge in [0.25, 0.3) is 0 Å². The van der Waals surface area contributed by atoms with Crippen LogP contribution < -0.4 is 4.74 Å². The smallest absolute Gasteiger partial charge is 0.227 e. The van der Waals surface area contributed by atoms with Crippen LogP contribution in [0.5, 0.6) is 5.75 Å². The second-order valence-electron chi connectivity index (χ2n) is 5.20. The SMILES string of the molecule is CCOc1ccc(CN(C)C(=O)Cc2c(F)cccc2Cl)cc1. The van der Waals surface area contributed by atoms with Gasteiger partial charge in [-0.1, -0.05) is 29.8 Å². The van der Waals surface area contributed by atoms with E-state index >= 15 is 0 Å². The van der Waals surface area contributed by atoms with Gasteiger partial charge in [0.05, 0.1) is 13.0 Å². The molecule has 0 fully saturated rings. The molecule has 0 aromatic heterocycles. The maximum atomic E-state index is 13.7. The number of likely N-dealkylation sites (N-methyl/N-ethyl adjacent to an activating group) is 1. The molecule has 23 heavy (non-hydrogen) atoms. The standard InChI is InChI=1S/C18H19ClFNO2/c1-3-23-14-9-7-13(8-10-14)12-21(2)18(22)11-15-16(19)5-4-6-17(15)20/h4-10H,3,11-12H2,1-2H3. The summed E-state index contributed by atoms with van der Waals surface area (Å²) in [5.74, 6) is 0.148. The van der Waals surface area contributed by atoms with Crippen LogP contribution in [0.25, 0.3) is 0 Å². The summed E-state index contributed by atoms with van der Waals surface area (Å²) in [5, 5.41) is 0.271. The van der Waals surface area contributed by atoms with Gasteiger partial charge in [-0.3, -0.25) is 4.79 Å². The molecule has 0 aliphatic rings. The van der Waals surface area contributed by atoms with E-state index in [2.05, 4.69) is 0 Å². The van der Waals surface area contributed by atoms with E-state index in [4.69, 9.17) is 16.3 Å². The number of nitrogens with zero attached hydrogens (tertiary/aromatic N) is 1. The lowest BCUT2D eigenvalue weighted by Gasteiger charge is -2.18. The average Bonchev–Trinajstić information content (AvgIpc) is 2.53. The first-order valence-electron chi connectivity index (χ1n) is 7.40. The molecule has 1 amide bonds. The van der Waals surface area contributed by atoms with E-state index in [0.29, 0.717) is 13.2 Å². The minimum atomic E-state index is -0.458. The van der Waals surface area contributed by atoms with Gasteiger partial charge < -0.3 is 9.64 Å². The van der Waals surface area contributed by atoms with Crippen LogP contribution >= 0.6 is 11.6 Å². The molecule has 0 saturated heterocycles. The van der Waals surface area contributed by atoms with Crippen molar-refractivity contribution < 1.29 is 13.9 Å². The fraction of sp³-hybridized carbons (Fsp3) is 0.278. The highest BCUT2D eigenvalue weighted by molar-refractivity contribution is 6.31. The van der Waals surface area contributed by atoms with Crippen LogP contribution in [0.2, 0.25) is 5.02 Å². The molecule has 5 heteroatoms. The predicted octanol–water partition coefficient (Wildman–Crippen LogP) is 4.08. The van der Waals surface area contributed by atoms with E-state index < -0.39 is 5.82 Å². The molecule has 0 unspecified atom stereocenters. The van der Waals surface area contributed by atoms with Crippen LogP contribution in [0.15, 0.2) is 42.5 Å². The summed E-state index contributed by atoms with van der Waals surface area (Å²) in [6.07, 6.45) is -0.0565. The van der Waals surface area contributed by atoms with Crippen molar-refractivity contribution in [2.75, 3.05) is 13.7 Å². The second kappa shape index (κ2) is 7.97. The van der Waals surface area contributed by atoms with E-state index in [1.54, 1.807) is 18.0 Å². The lowest BCUT2D eigenvalue weighted by molar-refractivity contribution is -0.129. The monoisotopic (exact) mass is 335 g/mol. The van der Waals surface area contributed by atoms with Crippen LogP contribution in [-0.4, -0.2) is 24.5 Å². The number of rotatable bonds is 6. The highest BCUT2D eigenvalue weighted by Gasteiger charge is 2.15. The topological polar surface area (TPSA) is 29.5 Å². The number of carbonyl (C=O) groups excluding carboxylic acids is 1.